The van der Waals surface area contributed by atoms with Crippen molar-refractivity contribution < 1.29 is 9.18 Å². The molecular weight excluding hydrogens is 243 g/mol. The molecule has 1 heterocycles. The minimum absolute atomic E-state index is 0.107. The number of halogens is 1. The molecule has 4 heteroatoms. The smallest absolute Gasteiger partial charge is 0.189 e. The molecule has 2 fully saturated rings. The Balaban J connectivity index is 1.70. The summed E-state index contributed by atoms with van der Waals surface area (Å²) in [4.78, 5) is 12.0. The molecule has 2 atom stereocenters. The average Bonchev–Trinajstić information content (AvgIpc) is 2.50. The first-order valence-electron chi connectivity index (χ1n) is 6.72. The average molecular weight is 260 g/mol. The van der Waals surface area contributed by atoms with Gasteiger partial charge in [-0.15, -0.1) is 0 Å². The minimum Gasteiger partial charge on any atom is -0.372 e. The summed E-state index contributed by atoms with van der Waals surface area (Å²) in [6.45, 7) is 1.86. The Kier molecular flexibility index (Phi) is 3.23. The number of hydrogen-bond donors (Lipinski definition) is 2. The number of nitrogens with one attached hydrogen (secondary N) is 2. The molecule has 1 aromatic carbocycles. The second kappa shape index (κ2) is 5.03. The maximum absolute atomic E-state index is 12.8. The fourth-order valence-electron chi connectivity index (χ4n) is 2.65. The van der Waals surface area contributed by atoms with Crippen LogP contribution in [0.2, 0.25) is 0 Å². The molecule has 0 radical (unpaired) electrons. The van der Waals surface area contributed by atoms with E-state index in [1.54, 1.807) is 6.08 Å². The van der Waals surface area contributed by atoms with E-state index in [0.717, 1.165) is 30.7 Å². The van der Waals surface area contributed by atoms with Crippen LogP contribution in [-0.4, -0.2) is 18.9 Å². The number of ketones is 1. The standard InChI is InChI=1S/C15H17FN2O/c16-13-5-3-10(4-6-13)14(19)7-15-17-8-11-1-2-12(11)9-18-15/h3-7,11-12,17-18H,1-2,8-9H2. The van der Waals surface area contributed by atoms with Gasteiger partial charge in [0.1, 0.15) is 11.6 Å². The molecule has 1 saturated heterocycles. The molecule has 2 aliphatic rings. The topological polar surface area (TPSA) is 41.1 Å². The highest BCUT2D eigenvalue weighted by Gasteiger charge is 2.32. The Morgan fingerprint density at radius 3 is 2.21 bits per heavy atom. The van der Waals surface area contributed by atoms with Gasteiger partial charge in [-0.2, -0.15) is 0 Å². The van der Waals surface area contributed by atoms with Crippen molar-refractivity contribution in [3.8, 4) is 0 Å². The highest BCUT2D eigenvalue weighted by atomic mass is 19.1. The molecule has 0 spiro atoms. The van der Waals surface area contributed by atoms with Gasteiger partial charge in [0.15, 0.2) is 5.78 Å². The Morgan fingerprint density at radius 2 is 1.68 bits per heavy atom. The molecule has 1 aromatic rings. The van der Waals surface area contributed by atoms with Gasteiger partial charge in [0.05, 0.1) is 0 Å². The van der Waals surface area contributed by atoms with Gasteiger partial charge in [0.2, 0.25) is 0 Å². The Bertz CT molecular complexity index is 493. The Labute approximate surface area is 111 Å². The van der Waals surface area contributed by atoms with Gasteiger partial charge >= 0.3 is 0 Å². The van der Waals surface area contributed by atoms with Crippen molar-refractivity contribution in [1.82, 2.24) is 10.6 Å². The molecule has 100 valence electrons. The van der Waals surface area contributed by atoms with Crippen molar-refractivity contribution in [2.45, 2.75) is 12.8 Å². The molecule has 3 rings (SSSR count). The number of carbonyl (C=O) groups is 1. The molecular formula is C15H17FN2O. The summed E-state index contributed by atoms with van der Waals surface area (Å²) in [6.07, 6.45) is 4.12. The first-order chi connectivity index (χ1) is 9.22. The molecule has 1 aliphatic carbocycles. The maximum atomic E-state index is 12.8. The summed E-state index contributed by atoms with van der Waals surface area (Å²) in [6, 6.07) is 5.63. The molecule has 2 unspecified atom stereocenters. The van der Waals surface area contributed by atoms with E-state index >= 15 is 0 Å². The molecule has 1 saturated carbocycles. The fraction of sp³-hybridized carbons (Fsp3) is 0.400. The number of hydrogen-bond acceptors (Lipinski definition) is 3. The third kappa shape index (κ3) is 2.62. The number of fused-ring (bicyclic) bond motifs is 1. The summed E-state index contributed by atoms with van der Waals surface area (Å²) in [5.74, 6) is 1.82. The summed E-state index contributed by atoms with van der Waals surface area (Å²) in [5.41, 5.74) is 0.504. The maximum Gasteiger partial charge on any atom is 0.189 e. The zero-order valence-corrected chi connectivity index (χ0v) is 10.7. The van der Waals surface area contributed by atoms with Crippen molar-refractivity contribution in [3.05, 3.63) is 47.5 Å². The normalized spacial score (nSPS) is 25.2. The number of carbonyl (C=O) groups excluding carboxylic acids is 1. The number of allylic oxidation sites excluding steroid dienone is 1. The van der Waals surface area contributed by atoms with Gasteiger partial charge in [-0.1, -0.05) is 0 Å². The van der Waals surface area contributed by atoms with Crippen molar-refractivity contribution in [2.24, 2.45) is 11.8 Å². The number of benzene rings is 1. The van der Waals surface area contributed by atoms with E-state index in [1.165, 1.54) is 37.1 Å². The lowest BCUT2D eigenvalue weighted by molar-refractivity contribution is 0.104. The molecule has 2 N–H and O–H groups in total. The lowest BCUT2D eigenvalue weighted by Crippen LogP contribution is -2.33. The lowest BCUT2D eigenvalue weighted by atomic mass is 9.74. The van der Waals surface area contributed by atoms with Gasteiger partial charge in [-0.05, 0) is 48.9 Å². The van der Waals surface area contributed by atoms with Gasteiger partial charge in [-0.25, -0.2) is 4.39 Å². The van der Waals surface area contributed by atoms with Gasteiger partial charge < -0.3 is 10.6 Å². The highest BCUT2D eigenvalue weighted by Crippen LogP contribution is 2.34. The summed E-state index contributed by atoms with van der Waals surface area (Å²) in [7, 11) is 0. The summed E-state index contributed by atoms with van der Waals surface area (Å²) >= 11 is 0. The fourth-order valence-corrected chi connectivity index (χ4v) is 2.65. The largest absolute Gasteiger partial charge is 0.372 e. The van der Waals surface area contributed by atoms with E-state index in [0.29, 0.717) is 5.56 Å². The van der Waals surface area contributed by atoms with Crippen LogP contribution in [0.15, 0.2) is 36.2 Å². The van der Waals surface area contributed by atoms with Crippen LogP contribution in [0.25, 0.3) is 0 Å². The molecule has 19 heavy (non-hydrogen) atoms. The van der Waals surface area contributed by atoms with E-state index in [-0.39, 0.29) is 11.6 Å². The van der Waals surface area contributed by atoms with E-state index in [1.807, 2.05) is 0 Å². The zero-order valence-electron chi connectivity index (χ0n) is 10.7. The number of rotatable bonds is 2. The van der Waals surface area contributed by atoms with Crippen LogP contribution in [0.5, 0.6) is 0 Å². The van der Waals surface area contributed by atoms with Crippen LogP contribution < -0.4 is 10.6 Å². The third-order valence-corrected chi connectivity index (χ3v) is 4.09. The van der Waals surface area contributed by atoms with Gasteiger partial charge in [0.25, 0.3) is 0 Å². The van der Waals surface area contributed by atoms with Crippen molar-refractivity contribution >= 4 is 5.78 Å². The van der Waals surface area contributed by atoms with Crippen LogP contribution in [0.1, 0.15) is 23.2 Å². The third-order valence-electron chi connectivity index (χ3n) is 4.09. The SMILES string of the molecule is O=C(C=C1NCC2CCC2CN1)c1ccc(F)cc1. The van der Waals surface area contributed by atoms with Crippen LogP contribution in [-0.2, 0) is 0 Å². The van der Waals surface area contributed by atoms with E-state index in [4.69, 9.17) is 0 Å². The van der Waals surface area contributed by atoms with Crippen LogP contribution in [0.4, 0.5) is 4.39 Å². The predicted octanol–water partition coefficient (Wildman–Crippen LogP) is 2.07. The molecule has 0 aromatic heterocycles. The molecule has 3 nitrogen and oxygen atoms in total. The van der Waals surface area contributed by atoms with Crippen molar-refractivity contribution in [3.63, 3.8) is 0 Å². The first-order valence-corrected chi connectivity index (χ1v) is 6.72. The van der Waals surface area contributed by atoms with Crippen LogP contribution >= 0.6 is 0 Å². The van der Waals surface area contributed by atoms with E-state index in [2.05, 4.69) is 10.6 Å². The van der Waals surface area contributed by atoms with Gasteiger partial charge in [-0.3, -0.25) is 4.79 Å². The van der Waals surface area contributed by atoms with E-state index < -0.39 is 0 Å². The minimum atomic E-state index is -0.327. The highest BCUT2D eigenvalue weighted by molar-refractivity contribution is 6.04. The van der Waals surface area contributed by atoms with Crippen molar-refractivity contribution in [1.29, 1.82) is 0 Å². The summed E-state index contributed by atoms with van der Waals surface area (Å²) < 4.78 is 12.8. The monoisotopic (exact) mass is 260 g/mol. The Hall–Kier alpha value is -1.84. The molecule has 1 aliphatic heterocycles. The predicted molar refractivity (Wildman–Crippen MR) is 71.0 cm³/mol. The zero-order chi connectivity index (χ0) is 13.2. The molecule has 0 amide bonds. The van der Waals surface area contributed by atoms with Crippen molar-refractivity contribution in [2.75, 3.05) is 13.1 Å². The second-order valence-corrected chi connectivity index (χ2v) is 5.29. The quantitative estimate of drug-likeness (QED) is 0.632. The second-order valence-electron chi connectivity index (χ2n) is 5.29. The Morgan fingerprint density at radius 1 is 1.11 bits per heavy atom. The first kappa shape index (κ1) is 12.2. The van der Waals surface area contributed by atoms with Gasteiger partial charge in [0, 0.05) is 24.7 Å². The summed E-state index contributed by atoms with van der Waals surface area (Å²) in [5, 5.41) is 6.56. The van der Waals surface area contributed by atoms with Crippen LogP contribution in [0.3, 0.4) is 0 Å². The van der Waals surface area contributed by atoms with Crippen LogP contribution in [0, 0.1) is 17.7 Å². The van der Waals surface area contributed by atoms with E-state index in [9.17, 15) is 9.18 Å². The lowest BCUT2D eigenvalue weighted by Gasteiger charge is -2.34. The molecule has 0 bridgehead atoms.